The Morgan fingerprint density at radius 2 is 0.684 bits per heavy atom. The molecule has 2 N–H and O–H groups in total. The number of rotatable bonds is 4. The molecule has 38 heavy (non-hydrogen) atoms. The van der Waals surface area contributed by atoms with E-state index in [1.165, 1.54) is 0 Å². The van der Waals surface area contributed by atoms with Gasteiger partial charge in [-0.2, -0.15) is 0 Å². The first-order valence-corrected chi connectivity index (χ1v) is 13.3. The fourth-order valence-corrected chi connectivity index (χ4v) is 7.60. The molecule has 186 valence electrons. The molecule has 0 unspecified atom stereocenters. The first kappa shape index (κ1) is 23.2. The van der Waals surface area contributed by atoms with Crippen molar-refractivity contribution in [1.29, 1.82) is 0 Å². The predicted octanol–water partition coefficient (Wildman–Crippen LogP) is 6.92. The molecule has 0 spiro atoms. The lowest BCUT2D eigenvalue weighted by Gasteiger charge is -2.41. The zero-order valence-corrected chi connectivity index (χ0v) is 21.7. The molecule has 2 aliphatic rings. The number of fused-ring (bicyclic) bond motifs is 6. The first-order valence-electron chi connectivity index (χ1n) is 13.3. The minimum absolute atomic E-state index is 0.0663. The largest absolute Gasteiger partial charge is 0.395 e. The Balaban J connectivity index is 1.67. The van der Waals surface area contributed by atoms with Crippen LogP contribution in [0.4, 0.5) is 0 Å². The Bertz CT molecular complexity index is 1510. The van der Waals surface area contributed by atoms with Gasteiger partial charge in [-0.3, -0.25) is 0 Å². The third-order valence-electron chi connectivity index (χ3n) is 9.08. The topological polar surface area (TPSA) is 40.5 Å². The highest BCUT2D eigenvalue weighted by molar-refractivity contribution is 5.88. The Labute approximate surface area is 223 Å². The quantitative estimate of drug-likeness (QED) is 0.285. The lowest BCUT2D eigenvalue weighted by Crippen LogP contribution is -2.40. The highest BCUT2D eigenvalue weighted by atomic mass is 16.3. The molecule has 0 atom stereocenters. The van der Waals surface area contributed by atoms with Gasteiger partial charge in [0, 0.05) is 0 Å². The summed E-state index contributed by atoms with van der Waals surface area (Å²) in [5, 5.41) is 23.1. The van der Waals surface area contributed by atoms with Crippen LogP contribution in [0.25, 0.3) is 22.3 Å². The highest BCUT2D eigenvalue weighted by Crippen LogP contribution is 2.59. The van der Waals surface area contributed by atoms with E-state index < -0.39 is 10.8 Å². The van der Waals surface area contributed by atoms with Crippen LogP contribution < -0.4 is 0 Å². The number of aliphatic hydroxyl groups excluding tert-OH is 2. The molecule has 2 nitrogen and oxygen atoms in total. The average Bonchev–Trinajstić information content (AvgIpc) is 3.43. The molecule has 0 fully saturated rings. The molecular formula is C36H30O2. The van der Waals surface area contributed by atoms with Gasteiger partial charge in [-0.15, -0.1) is 0 Å². The minimum atomic E-state index is -0.757. The van der Waals surface area contributed by atoms with Gasteiger partial charge >= 0.3 is 0 Å². The standard InChI is InChI=1S/C36H30O2/c1-23-19-20-24(2)34(36(22-38)31-17-9-5-13-27(31)28-14-6-10-18-32(28)36)33(23)35(21-37)29-15-7-3-11-25(29)26-12-4-8-16-30(26)35/h3-20,37-38H,21-22H2,1-2H3. The van der Waals surface area contributed by atoms with Crippen molar-refractivity contribution in [3.8, 4) is 22.3 Å². The fraction of sp³-hybridized carbons (Fsp3) is 0.167. The second kappa shape index (κ2) is 8.26. The second-order valence-electron chi connectivity index (χ2n) is 10.8. The maximum absolute atomic E-state index is 11.5. The van der Waals surface area contributed by atoms with Crippen molar-refractivity contribution in [2.45, 2.75) is 24.7 Å². The van der Waals surface area contributed by atoms with Crippen molar-refractivity contribution in [1.82, 2.24) is 0 Å². The third kappa shape index (κ3) is 2.69. The predicted molar refractivity (Wildman–Crippen MR) is 154 cm³/mol. The van der Waals surface area contributed by atoms with E-state index >= 15 is 0 Å². The van der Waals surface area contributed by atoms with E-state index in [1.807, 2.05) is 0 Å². The summed E-state index contributed by atoms with van der Waals surface area (Å²) < 4.78 is 0. The van der Waals surface area contributed by atoms with E-state index in [-0.39, 0.29) is 13.2 Å². The van der Waals surface area contributed by atoms with Crippen LogP contribution in [0.2, 0.25) is 0 Å². The van der Waals surface area contributed by atoms with Crippen LogP contribution in [-0.4, -0.2) is 23.4 Å². The SMILES string of the molecule is Cc1ccc(C)c(C2(CO)c3ccccc3-c3ccccc32)c1C1(CO)c2ccccc2-c2ccccc21. The van der Waals surface area contributed by atoms with Crippen molar-refractivity contribution in [2.75, 3.05) is 13.2 Å². The highest BCUT2D eigenvalue weighted by Gasteiger charge is 2.52. The van der Waals surface area contributed by atoms with Gasteiger partial charge < -0.3 is 10.2 Å². The normalized spacial score (nSPS) is 15.5. The summed E-state index contributed by atoms with van der Waals surface area (Å²) in [5.41, 5.74) is 12.0. The maximum atomic E-state index is 11.5. The van der Waals surface area contributed by atoms with Crippen molar-refractivity contribution >= 4 is 0 Å². The van der Waals surface area contributed by atoms with E-state index in [4.69, 9.17) is 0 Å². The van der Waals surface area contributed by atoms with Gasteiger partial charge in [0.15, 0.2) is 0 Å². The molecule has 0 saturated heterocycles. The number of aliphatic hydroxyl groups is 2. The van der Waals surface area contributed by atoms with Crippen LogP contribution in [0.15, 0.2) is 109 Å². The summed E-state index contributed by atoms with van der Waals surface area (Å²) in [4.78, 5) is 0. The van der Waals surface area contributed by atoms with Gasteiger partial charge in [0.25, 0.3) is 0 Å². The average molecular weight is 495 g/mol. The zero-order chi connectivity index (χ0) is 26.1. The smallest absolute Gasteiger partial charge is 0.0700 e. The summed E-state index contributed by atoms with van der Waals surface area (Å²) in [6.07, 6.45) is 0. The maximum Gasteiger partial charge on any atom is 0.0700 e. The van der Waals surface area contributed by atoms with Crippen molar-refractivity contribution in [3.05, 3.63) is 154 Å². The van der Waals surface area contributed by atoms with Crippen molar-refractivity contribution in [3.63, 3.8) is 0 Å². The van der Waals surface area contributed by atoms with Gasteiger partial charge in [-0.05, 0) is 80.6 Å². The molecule has 2 aliphatic carbocycles. The molecule has 0 heterocycles. The van der Waals surface area contributed by atoms with E-state index in [1.54, 1.807) is 0 Å². The van der Waals surface area contributed by atoms with E-state index in [0.717, 1.165) is 66.8 Å². The third-order valence-corrected chi connectivity index (χ3v) is 9.08. The molecular weight excluding hydrogens is 464 g/mol. The lowest BCUT2D eigenvalue weighted by atomic mass is 9.62. The first-order chi connectivity index (χ1) is 18.6. The van der Waals surface area contributed by atoms with E-state index in [2.05, 4.69) is 123 Å². The molecule has 0 aromatic heterocycles. The molecule has 5 aromatic rings. The van der Waals surface area contributed by atoms with Gasteiger partial charge in [0.05, 0.1) is 24.0 Å². The summed E-state index contributed by atoms with van der Waals surface area (Å²) in [5.74, 6) is 0. The van der Waals surface area contributed by atoms with Crippen LogP contribution in [0.3, 0.4) is 0 Å². The molecule has 7 rings (SSSR count). The van der Waals surface area contributed by atoms with Crippen LogP contribution in [-0.2, 0) is 10.8 Å². The Kier molecular flexibility index (Phi) is 5.03. The van der Waals surface area contributed by atoms with Crippen LogP contribution in [0.5, 0.6) is 0 Å². The Morgan fingerprint density at radius 1 is 0.421 bits per heavy atom. The second-order valence-corrected chi connectivity index (χ2v) is 10.8. The Hall–Kier alpha value is -3.98. The summed E-state index contributed by atoms with van der Waals surface area (Å²) in [6.45, 7) is 4.17. The Morgan fingerprint density at radius 3 is 0.947 bits per heavy atom. The van der Waals surface area contributed by atoms with Crippen LogP contribution in [0.1, 0.15) is 44.5 Å². The van der Waals surface area contributed by atoms with Gasteiger partial charge in [0.1, 0.15) is 0 Å². The van der Waals surface area contributed by atoms with E-state index in [0.29, 0.717) is 0 Å². The molecule has 2 heteroatoms. The number of hydrogen-bond donors (Lipinski definition) is 2. The lowest BCUT2D eigenvalue weighted by molar-refractivity contribution is 0.232. The summed E-state index contributed by atoms with van der Waals surface area (Å²) >= 11 is 0. The summed E-state index contributed by atoms with van der Waals surface area (Å²) in [6, 6.07) is 38.3. The minimum Gasteiger partial charge on any atom is -0.395 e. The molecule has 0 saturated carbocycles. The molecule has 0 bridgehead atoms. The van der Waals surface area contributed by atoms with E-state index in [9.17, 15) is 10.2 Å². The molecule has 0 aliphatic heterocycles. The number of aryl methyl sites for hydroxylation is 2. The summed E-state index contributed by atoms with van der Waals surface area (Å²) in [7, 11) is 0. The molecule has 0 amide bonds. The number of hydrogen-bond acceptors (Lipinski definition) is 2. The number of benzene rings is 5. The molecule has 5 aromatic carbocycles. The van der Waals surface area contributed by atoms with Gasteiger partial charge in [0.2, 0.25) is 0 Å². The van der Waals surface area contributed by atoms with Crippen LogP contribution in [0, 0.1) is 13.8 Å². The zero-order valence-electron chi connectivity index (χ0n) is 21.7. The fourth-order valence-electron chi connectivity index (χ4n) is 7.60. The molecule has 0 radical (unpaired) electrons. The van der Waals surface area contributed by atoms with Crippen molar-refractivity contribution < 1.29 is 10.2 Å². The monoisotopic (exact) mass is 494 g/mol. The van der Waals surface area contributed by atoms with Gasteiger partial charge in [-0.25, -0.2) is 0 Å². The van der Waals surface area contributed by atoms with Crippen LogP contribution >= 0.6 is 0 Å². The van der Waals surface area contributed by atoms with Crippen molar-refractivity contribution in [2.24, 2.45) is 0 Å². The van der Waals surface area contributed by atoms with Gasteiger partial charge in [-0.1, -0.05) is 109 Å².